The summed E-state index contributed by atoms with van der Waals surface area (Å²) in [7, 11) is 0. The molecule has 0 atom stereocenters. The minimum absolute atomic E-state index is 0.0533. The lowest BCUT2D eigenvalue weighted by molar-refractivity contribution is 0.101. The normalized spacial score (nSPS) is 10.6. The van der Waals surface area contributed by atoms with E-state index in [1.165, 1.54) is 11.1 Å². The van der Waals surface area contributed by atoms with E-state index < -0.39 is 0 Å². The zero-order valence-electron chi connectivity index (χ0n) is 10.6. The average Bonchev–Trinajstić information content (AvgIpc) is 2.64. The van der Waals surface area contributed by atoms with E-state index in [1.807, 2.05) is 17.7 Å². The highest BCUT2D eigenvalue weighted by atomic mass is 16.1. The maximum Gasteiger partial charge on any atom is 0.163 e. The number of rotatable bonds is 2. The van der Waals surface area contributed by atoms with Crippen molar-refractivity contribution < 1.29 is 4.79 Å². The molecule has 3 nitrogen and oxygen atoms in total. The highest BCUT2D eigenvalue weighted by molar-refractivity contribution is 5.95. The zero-order chi connectivity index (χ0) is 12.6. The first-order valence-corrected chi connectivity index (χ1v) is 5.64. The number of hydrogen-bond acceptors (Lipinski definition) is 2. The maximum atomic E-state index is 11.4. The van der Waals surface area contributed by atoms with E-state index in [1.54, 1.807) is 13.1 Å². The van der Waals surface area contributed by atoms with E-state index in [4.69, 9.17) is 0 Å². The molecule has 0 radical (unpaired) electrons. The van der Waals surface area contributed by atoms with Crippen molar-refractivity contribution in [2.75, 3.05) is 0 Å². The highest BCUT2D eigenvalue weighted by Gasteiger charge is 2.11. The molecule has 0 aliphatic heterocycles. The van der Waals surface area contributed by atoms with E-state index >= 15 is 0 Å². The van der Waals surface area contributed by atoms with Crippen LogP contribution < -0.4 is 0 Å². The molecule has 0 aliphatic rings. The van der Waals surface area contributed by atoms with Gasteiger partial charge in [-0.2, -0.15) is 5.10 Å². The summed E-state index contributed by atoms with van der Waals surface area (Å²) in [6, 6.07) is 6.17. The molecule has 17 heavy (non-hydrogen) atoms. The molecule has 0 aliphatic carbocycles. The van der Waals surface area contributed by atoms with Crippen molar-refractivity contribution in [1.82, 2.24) is 9.78 Å². The van der Waals surface area contributed by atoms with Gasteiger partial charge in [0.2, 0.25) is 0 Å². The van der Waals surface area contributed by atoms with Crippen LogP contribution in [0, 0.1) is 20.8 Å². The Morgan fingerprint density at radius 1 is 1.18 bits per heavy atom. The van der Waals surface area contributed by atoms with Crippen LogP contribution in [0.15, 0.2) is 24.4 Å². The highest BCUT2D eigenvalue weighted by Crippen LogP contribution is 2.17. The fourth-order valence-electron chi connectivity index (χ4n) is 1.87. The molecule has 0 saturated carbocycles. The van der Waals surface area contributed by atoms with Gasteiger partial charge in [-0.1, -0.05) is 6.07 Å². The Kier molecular flexibility index (Phi) is 2.84. The first-order valence-electron chi connectivity index (χ1n) is 5.64. The van der Waals surface area contributed by atoms with E-state index in [-0.39, 0.29) is 5.78 Å². The Morgan fingerprint density at radius 2 is 1.88 bits per heavy atom. The van der Waals surface area contributed by atoms with Gasteiger partial charge in [-0.3, -0.25) is 4.79 Å². The molecule has 0 unspecified atom stereocenters. The van der Waals surface area contributed by atoms with Crippen molar-refractivity contribution in [2.24, 2.45) is 0 Å². The summed E-state index contributed by atoms with van der Waals surface area (Å²) in [5, 5.41) is 4.27. The minimum Gasteiger partial charge on any atom is -0.294 e. The summed E-state index contributed by atoms with van der Waals surface area (Å²) in [5.74, 6) is 0.0533. The van der Waals surface area contributed by atoms with Crippen molar-refractivity contribution in [2.45, 2.75) is 27.7 Å². The van der Waals surface area contributed by atoms with Crippen LogP contribution in [0.2, 0.25) is 0 Å². The van der Waals surface area contributed by atoms with Crippen LogP contribution in [-0.2, 0) is 0 Å². The smallest absolute Gasteiger partial charge is 0.163 e. The number of ketones is 1. The molecule has 2 aromatic rings. The topological polar surface area (TPSA) is 34.9 Å². The Hall–Kier alpha value is -1.90. The van der Waals surface area contributed by atoms with Crippen molar-refractivity contribution in [3.05, 3.63) is 46.8 Å². The van der Waals surface area contributed by atoms with Gasteiger partial charge in [0, 0.05) is 0 Å². The van der Waals surface area contributed by atoms with Crippen LogP contribution in [-0.4, -0.2) is 15.6 Å². The molecule has 88 valence electrons. The van der Waals surface area contributed by atoms with Gasteiger partial charge < -0.3 is 0 Å². The van der Waals surface area contributed by atoms with E-state index in [2.05, 4.69) is 31.1 Å². The molecule has 0 fully saturated rings. The lowest BCUT2D eigenvalue weighted by atomic mass is 10.1. The molecular weight excluding hydrogens is 212 g/mol. The van der Waals surface area contributed by atoms with E-state index in [0.29, 0.717) is 5.56 Å². The second-order valence-electron chi connectivity index (χ2n) is 4.38. The Morgan fingerprint density at radius 3 is 2.41 bits per heavy atom. The number of carbonyl (C=O) groups is 1. The maximum absolute atomic E-state index is 11.4. The monoisotopic (exact) mass is 228 g/mol. The summed E-state index contributed by atoms with van der Waals surface area (Å²) in [6.45, 7) is 7.63. The largest absolute Gasteiger partial charge is 0.294 e. The number of nitrogens with zero attached hydrogens (tertiary/aromatic N) is 2. The second kappa shape index (κ2) is 4.17. The molecule has 0 amide bonds. The summed E-state index contributed by atoms with van der Waals surface area (Å²) < 4.78 is 1.81. The number of carbonyl (C=O) groups excluding carboxylic acids is 1. The summed E-state index contributed by atoms with van der Waals surface area (Å²) in [5.41, 5.74) is 5.05. The lowest BCUT2D eigenvalue weighted by Crippen LogP contribution is -2.01. The summed E-state index contributed by atoms with van der Waals surface area (Å²) >= 11 is 0. The van der Waals surface area contributed by atoms with Crippen LogP contribution in [0.3, 0.4) is 0 Å². The Bertz CT molecular complexity index is 582. The number of benzene rings is 1. The molecule has 1 heterocycles. The fraction of sp³-hybridized carbons (Fsp3) is 0.286. The molecule has 0 saturated heterocycles. The van der Waals surface area contributed by atoms with Gasteiger partial charge in [0.15, 0.2) is 5.78 Å². The third-order valence-electron chi connectivity index (χ3n) is 3.12. The van der Waals surface area contributed by atoms with Gasteiger partial charge in [0.1, 0.15) is 0 Å². The number of aromatic nitrogens is 2. The number of Topliss-reactive ketones (excluding diaryl/α,β-unsaturated/α-hetero) is 1. The predicted octanol–water partition coefficient (Wildman–Crippen LogP) is 3.00. The summed E-state index contributed by atoms with van der Waals surface area (Å²) in [4.78, 5) is 11.4. The Balaban J connectivity index is 2.53. The molecule has 0 bridgehead atoms. The van der Waals surface area contributed by atoms with Crippen LogP contribution in [0.25, 0.3) is 5.69 Å². The van der Waals surface area contributed by atoms with Crippen molar-refractivity contribution >= 4 is 5.78 Å². The van der Waals surface area contributed by atoms with Gasteiger partial charge in [-0.05, 0) is 51.0 Å². The quantitative estimate of drug-likeness (QED) is 0.740. The van der Waals surface area contributed by atoms with Gasteiger partial charge in [0.25, 0.3) is 0 Å². The number of hydrogen-bond donors (Lipinski definition) is 0. The molecular formula is C14H16N2O. The predicted molar refractivity (Wildman–Crippen MR) is 67.8 cm³/mol. The summed E-state index contributed by atoms with van der Waals surface area (Å²) in [6.07, 6.45) is 1.63. The third kappa shape index (κ3) is 2.00. The number of aryl methyl sites for hydroxylation is 2. The van der Waals surface area contributed by atoms with Gasteiger partial charge in [-0.15, -0.1) is 0 Å². The average molecular weight is 228 g/mol. The van der Waals surface area contributed by atoms with Crippen molar-refractivity contribution in [3.63, 3.8) is 0 Å². The van der Waals surface area contributed by atoms with Crippen molar-refractivity contribution in [3.8, 4) is 5.69 Å². The standard InChI is InChI=1S/C14H16N2O/c1-9-5-6-13(7-10(9)2)16-11(3)14(8-15-16)12(4)17/h5-8H,1-4H3. The molecule has 2 rings (SSSR count). The SMILES string of the molecule is CC(=O)c1cnn(-c2ccc(C)c(C)c2)c1C. The Labute approximate surface area is 101 Å². The first kappa shape index (κ1) is 11.6. The van der Waals surface area contributed by atoms with Crippen LogP contribution in [0.4, 0.5) is 0 Å². The first-order chi connectivity index (χ1) is 8.00. The van der Waals surface area contributed by atoms with Crippen LogP contribution >= 0.6 is 0 Å². The molecule has 0 spiro atoms. The van der Waals surface area contributed by atoms with E-state index in [9.17, 15) is 4.79 Å². The van der Waals surface area contributed by atoms with Gasteiger partial charge in [-0.25, -0.2) is 4.68 Å². The molecule has 1 aromatic heterocycles. The van der Waals surface area contributed by atoms with E-state index in [0.717, 1.165) is 11.4 Å². The van der Waals surface area contributed by atoms with Gasteiger partial charge >= 0.3 is 0 Å². The third-order valence-corrected chi connectivity index (χ3v) is 3.12. The second-order valence-corrected chi connectivity index (χ2v) is 4.38. The zero-order valence-corrected chi connectivity index (χ0v) is 10.6. The lowest BCUT2D eigenvalue weighted by Gasteiger charge is -2.07. The minimum atomic E-state index is 0.0533. The van der Waals surface area contributed by atoms with Crippen LogP contribution in [0.1, 0.15) is 34.1 Å². The molecule has 0 N–H and O–H groups in total. The fourth-order valence-corrected chi connectivity index (χ4v) is 1.87. The van der Waals surface area contributed by atoms with Crippen LogP contribution in [0.5, 0.6) is 0 Å². The van der Waals surface area contributed by atoms with Crippen molar-refractivity contribution in [1.29, 1.82) is 0 Å². The molecule has 3 heteroatoms. The molecule has 1 aromatic carbocycles. The van der Waals surface area contributed by atoms with Gasteiger partial charge in [0.05, 0.1) is 23.1 Å².